The molecule has 5 nitrogen and oxygen atoms in total. The zero-order valence-electron chi connectivity index (χ0n) is 13.2. The minimum atomic E-state index is -0.549. The highest BCUT2D eigenvalue weighted by atomic mass is 35.5. The lowest BCUT2D eigenvalue weighted by Crippen LogP contribution is -2.35. The molecule has 7 heteroatoms. The minimum Gasteiger partial charge on any atom is -0.444 e. The van der Waals surface area contributed by atoms with Crippen LogP contribution in [0.3, 0.4) is 0 Å². The summed E-state index contributed by atoms with van der Waals surface area (Å²) < 4.78 is 19.5. The number of alkyl carbamates (subject to hydrolysis) is 1. The zero-order valence-corrected chi connectivity index (χ0v) is 14.0. The number of anilines is 1. The molecule has 0 fully saturated rings. The van der Waals surface area contributed by atoms with Gasteiger partial charge in [0.15, 0.2) is 5.82 Å². The van der Waals surface area contributed by atoms with Crippen molar-refractivity contribution < 1.29 is 13.9 Å². The van der Waals surface area contributed by atoms with Crippen LogP contribution in [0, 0.1) is 5.82 Å². The summed E-state index contributed by atoms with van der Waals surface area (Å²) in [7, 11) is 0. The fourth-order valence-corrected chi connectivity index (χ4v) is 2.17. The second kappa shape index (κ2) is 7.00. The van der Waals surface area contributed by atoms with Gasteiger partial charge in [-0.25, -0.2) is 9.18 Å². The number of aromatic nitrogens is 1. The number of pyridine rings is 1. The maximum atomic E-state index is 14.4. The van der Waals surface area contributed by atoms with Crippen LogP contribution in [0.4, 0.5) is 14.9 Å². The van der Waals surface area contributed by atoms with E-state index < -0.39 is 17.5 Å². The van der Waals surface area contributed by atoms with E-state index in [-0.39, 0.29) is 5.52 Å². The van der Waals surface area contributed by atoms with Crippen LogP contribution in [0.1, 0.15) is 20.8 Å². The molecule has 0 unspecified atom stereocenters. The number of ether oxygens (including phenoxy) is 1. The molecule has 0 saturated carbocycles. The molecule has 0 aliphatic heterocycles. The number of benzene rings is 1. The van der Waals surface area contributed by atoms with E-state index in [9.17, 15) is 9.18 Å². The Labute approximate surface area is 139 Å². The first kappa shape index (κ1) is 17.3. The average molecular weight is 340 g/mol. The molecule has 124 valence electrons. The summed E-state index contributed by atoms with van der Waals surface area (Å²) >= 11 is 6.01. The topological polar surface area (TPSA) is 63.2 Å². The van der Waals surface area contributed by atoms with Gasteiger partial charge in [-0.05, 0) is 39.0 Å². The smallest absolute Gasteiger partial charge is 0.407 e. The molecule has 1 heterocycles. The van der Waals surface area contributed by atoms with Gasteiger partial charge in [-0.15, -0.1) is 0 Å². The van der Waals surface area contributed by atoms with Gasteiger partial charge in [0.25, 0.3) is 0 Å². The molecule has 0 saturated heterocycles. The molecule has 0 bridgehead atoms. The second-order valence-corrected chi connectivity index (χ2v) is 6.38. The Kier molecular flexibility index (Phi) is 5.26. The van der Waals surface area contributed by atoms with Crippen LogP contribution in [0.5, 0.6) is 0 Å². The van der Waals surface area contributed by atoms with Crippen molar-refractivity contribution in [3.63, 3.8) is 0 Å². The van der Waals surface area contributed by atoms with E-state index in [0.29, 0.717) is 29.2 Å². The van der Waals surface area contributed by atoms with Gasteiger partial charge in [-0.1, -0.05) is 11.6 Å². The lowest BCUT2D eigenvalue weighted by molar-refractivity contribution is 0.0530. The molecular formula is C16H19ClFN3O2. The van der Waals surface area contributed by atoms with E-state index in [1.165, 1.54) is 6.20 Å². The van der Waals surface area contributed by atoms with Crippen LogP contribution in [0.2, 0.25) is 5.02 Å². The van der Waals surface area contributed by atoms with Crippen LogP contribution in [0.15, 0.2) is 24.4 Å². The number of carbonyl (C=O) groups excluding carboxylic acids is 1. The Morgan fingerprint density at radius 3 is 2.74 bits per heavy atom. The first-order valence-corrected chi connectivity index (χ1v) is 7.59. The summed E-state index contributed by atoms with van der Waals surface area (Å²) in [6.07, 6.45) is 0.952. The summed E-state index contributed by atoms with van der Waals surface area (Å²) in [5.41, 5.74) is -0.0340. The number of carbonyl (C=O) groups is 1. The number of nitrogens with one attached hydrogen (secondary N) is 2. The molecule has 0 radical (unpaired) electrons. The van der Waals surface area contributed by atoms with Crippen molar-refractivity contribution in [2.75, 3.05) is 18.4 Å². The first-order chi connectivity index (χ1) is 10.8. The van der Waals surface area contributed by atoms with E-state index in [0.717, 1.165) is 0 Å². The molecule has 1 aromatic carbocycles. The highest BCUT2D eigenvalue weighted by Gasteiger charge is 2.15. The Morgan fingerprint density at radius 1 is 1.30 bits per heavy atom. The molecule has 0 aliphatic rings. The number of halogens is 2. The molecule has 1 amide bonds. The van der Waals surface area contributed by atoms with Gasteiger partial charge in [-0.3, -0.25) is 4.98 Å². The maximum Gasteiger partial charge on any atom is 0.407 e. The standard InChI is InChI=1S/C16H19ClFN3O2/c1-16(2,3)23-15(22)21-9-8-19-12-5-4-10-11(17)6-7-20-14(10)13(12)18/h4-7,19H,8-9H2,1-3H3,(H,21,22). The van der Waals surface area contributed by atoms with Crippen molar-refractivity contribution in [1.29, 1.82) is 0 Å². The monoisotopic (exact) mass is 339 g/mol. The predicted octanol–water partition coefficient (Wildman–Crippen LogP) is 3.96. The molecule has 2 aromatic rings. The SMILES string of the molecule is CC(C)(C)OC(=O)NCCNc1ccc2c(Cl)ccnc2c1F. The first-order valence-electron chi connectivity index (χ1n) is 7.21. The van der Waals surface area contributed by atoms with E-state index >= 15 is 0 Å². The zero-order chi connectivity index (χ0) is 17.0. The molecule has 0 atom stereocenters. The van der Waals surface area contributed by atoms with Gasteiger partial charge in [0.1, 0.15) is 11.1 Å². The molecule has 1 aromatic heterocycles. The summed E-state index contributed by atoms with van der Waals surface area (Å²) in [4.78, 5) is 15.5. The predicted molar refractivity (Wildman–Crippen MR) is 89.4 cm³/mol. The van der Waals surface area contributed by atoms with Gasteiger partial charge in [0, 0.05) is 24.7 Å². The maximum absolute atomic E-state index is 14.4. The van der Waals surface area contributed by atoms with Crippen LogP contribution in [-0.2, 0) is 4.74 Å². The van der Waals surface area contributed by atoms with Gasteiger partial charge in [0.2, 0.25) is 0 Å². The summed E-state index contributed by atoms with van der Waals surface area (Å²) in [5.74, 6) is -0.470. The van der Waals surface area contributed by atoms with Crippen molar-refractivity contribution in [3.8, 4) is 0 Å². The van der Waals surface area contributed by atoms with Gasteiger partial charge in [0.05, 0.1) is 10.7 Å². The third-order valence-corrected chi connectivity index (χ3v) is 3.24. The van der Waals surface area contributed by atoms with E-state index in [2.05, 4.69) is 15.6 Å². The second-order valence-electron chi connectivity index (χ2n) is 5.97. The number of fused-ring (bicyclic) bond motifs is 1. The quantitative estimate of drug-likeness (QED) is 0.827. The van der Waals surface area contributed by atoms with Gasteiger partial charge >= 0.3 is 6.09 Å². The van der Waals surface area contributed by atoms with Crippen LogP contribution < -0.4 is 10.6 Å². The van der Waals surface area contributed by atoms with Crippen molar-refractivity contribution in [2.45, 2.75) is 26.4 Å². The van der Waals surface area contributed by atoms with Gasteiger partial charge < -0.3 is 15.4 Å². The Morgan fingerprint density at radius 2 is 2.04 bits per heavy atom. The largest absolute Gasteiger partial charge is 0.444 e. The highest BCUT2D eigenvalue weighted by Crippen LogP contribution is 2.27. The summed E-state index contributed by atoms with van der Waals surface area (Å²) in [5, 5.41) is 6.52. The molecule has 23 heavy (non-hydrogen) atoms. The van der Waals surface area contributed by atoms with Crippen molar-refractivity contribution in [1.82, 2.24) is 10.3 Å². The van der Waals surface area contributed by atoms with E-state index in [4.69, 9.17) is 16.3 Å². The van der Waals surface area contributed by atoms with Crippen LogP contribution >= 0.6 is 11.6 Å². The number of hydrogen-bond acceptors (Lipinski definition) is 4. The van der Waals surface area contributed by atoms with Crippen molar-refractivity contribution in [3.05, 3.63) is 35.2 Å². The van der Waals surface area contributed by atoms with Crippen LogP contribution in [0.25, 0.3) is 10.9 Å². The fourth-order valence-electron chi connectivity index (χ4n) is 1.96. The van der Waals surface area contributed by atoms with Crippen molar-refractivity contribution in [2.24, 2.45) is 0 Å². The third-order valence-electron chi connectivity index (χ3n) is 2.91. The Balaban J connectivity index is 1.93. The average Bonchev–Trinajstić information content (AvgIpc) is 2.44. The normalized spacial score (nSPS) is 11.3. The van der Waals surface area contributed by atoms with Gasteiger partial charge in [-0.2, -0.15) is 0 Å². The van der Waals surface area contributed by atoms with Crippen molar-refractivity contribution >= 4 is 34.3 Å². The summed E-state index contributed by atoms with van der Waals surface area (Å²) in [6, 6.07) is 4.91. The molecule has 0 spiro atoms. The summed E-state index contributed by atoms with van der Waals surface area (Å²) in [6.45, 7) is 6.01. The van der Waals surface area contributed by atoms with Crippen LogP contribution in [-0.4, -0.2) is 29.8 Å². The minimum absolute atomic E-state index is 0.211. The number of nitrogens with zero attached hydrogens (tertiary/aromatic N) is 1. The van der Waals surface area contributed by atoms with E-state index in [1.54, 1.807) is 39.0 Å². The molecule has 0 aliphatic carbocycles. The number of rotatable bonds is 4. The number of amides is 1. The molecule has 2 N–H and O–H groups in total. The van der Waals surface area contributed by atoms with E-state index in [1.807, 2.05) is 0 Å². The number of hydrogen-bond donors (Lipinski definition) is 2. The third kappa shape index (κ3) is 4.69. The Bertz CT molecular complexity index is 716. The lowest BCUT2D eigenvalue weighted by Gasteiger charge is -2.19. The fraction of sp³-hybridized carbons (Fsp3) is 0.375. The molecule has 2 rings (SSSR count). The Hall–Kier alpha value is -2.08. The highest BCUT2D eigenvalue weighted by molar-refractivity contribution is 6.35. The molecular weight excluding hydrogens is 321 g/mol. The lowest BCUT2D eigenvalue weighted by atomic mass is 10.2.